The average Bonchev–Trinajstić information content (AvgIpc) is 3.02. The Labute approximate surface area is 117 Å². The molecule has 0 radical (unpaired) electrons. The summed E-state index contributed by atoms with van der Waals surface area (Å²) in [5.41, 5.74) is 0. The highest BCUT2D eigenvalue weighted by Crippen LogP contribution is 2.17. The monoisotopic (exact) mass is 284 g/mol. The van der Waals surface area contributed by atoms with Crippen LogP contribution in [-0.2, 0) is 17.8 Å². The number of rotatable bonds is 7. The SMILES string of the molecule is CCn1c(CCN2CCCC2)nnc1SCC(=O)O. The lowest BCUT2D eigenvalue weighted by atomic mass is 10.3. The Hall–Kier alpha value is -1.08. The van der Waals surface area contributed by atoms with E-state index in [1.54, 1.807) is 0 Å². The summed E-state index contributed by atoms with van der Waals surface area (Å²) in [6, 6.07) is 0. The van der Waals surface area contributed by atoms with Crippen molar-refractivity contribution in [1.29, 1.82) is 0 Å². The van der Waals surface area contributed by atoms with Gasteiger partial charge < -0.3 is 14.6 Å². The van der Waals surface area contributed by atoms with Crippen LogP contribution in [0.3, 0.4) is 0 Å². The van der Waals surface area contributed by atoms with Crippen molar-refractivity contribution in [2.24, 2.45) is 0 Å². The molecule has 2 rings (SSSR count). The first kappa shape index (κ1) is 14.3. The van der Waals surface area contributed by atoms with Crippen LogP contribution in [-0.4, -0.2) is 56.1 Å². The number of hydrogen-bond donors (Lipinski definition) is 1. The van der Waals surface area contributed by atoms with E-state index in [0.29, 0.717) is 5.16 Å². The summed E-state index contributed by atoms with van der Waals surface area (Å²) in [6.07, 6.45) is 3.47. The lowest BCUT2D eigenvalue weighted by Gasteiger charge is -2.14. The summed E-state index contributed by atoms with van der Waals surface area (Å²) in [4.78, 5) is 13.0. The number of carboxylic acid groups (broad SMARTS) is 1. The van der Waals surface area contributed by atoms with Crippen LogP contribution in [0.4, 0.5) is 0 Å². The van der Waals surface area contributed by atoms with Gasteiger partial charge in [-0.25, -0.2) is 0 Å². The Bertz CT molecular complexity index is 429. The van der Waals surface area contributed by atoms with Gasteiger partial charge in [0.25, 0.3) is 0 Å². The lowest BCUT2D eigenvalue weighted by molar-refractivity contribution is -0.133. The van der Waals surface area contributed by atoms with Crippen LogP contribution in [0.1, 0.15) is 25.6 Å². The van der Waals surface area contributed by atoms with E-state index in [9.17, 15) is 4.79 Å². The van der Waals surface area contributed by atoms with Crippen molar-refractivity contribution < 1.29 is 9.90 Å². The number of aromatic nitrogens is 3. The predicted octanol–water partition coefficient (Wildman–Crippen LogP) is 1.11. The smallest absolute Gasteiger partial charge is 0.313 e. The second-order valence-electron chi connectivity index (χ2n) is 4.62. The van der Waals surface area contributed by atoms with Gasteiger partial charge in [0, 0.05) is 19.5 Å². The molecule has 1 aliphatic heterocycles. The van der Waals surface area contributed by atoms with Crippen molar-refractivity contribution >= 4 is 17.7 Å². The standard InChI is InChI=1S/C12H20N4O2S/c1-2-16-10(5-8-15-6-3-4-7-15)13-14-12(16)19-9-11(17)18/h2-9H2,1H3,(H,17,18). The molecule has 0 spiro atoms. The van der Waals surface area contributed by atoms with Gasteiger partial charge in [-0.1, -0.05) is 11.8 Å². The van der Waals surface area contributed by atoms with E-state index >= 15 is 0 Å². The Morgan fingerprint density at radius 3 is 2.74 bits per heavy atom. The fourth-order valence-electron chi connectivity index (χ4n) is 2.32. The summed E-state index contributed by atoms with van der Waals surface area (Å²) in [5.74, 6) is 0.168. The molecule has 0 aliphatic carbocycles. The minimum Gasteiger partial charge on any atom is -0.481 e. The summed E-state index contributed by atoms with van der Waals surface area (Å²) in [5, 5.41) is 17.7. The van der Waals surface area contributed by atoms with Crippen molar-refractivity contribution in [3.63, 3.8) is 0 Å². The third kappa shape index (κ3) is 3.94. The molecule has 19 heavy (non-hydrogen) atoms. The second-order valence-corrected chi connectivity index (χ2v) is 5.57. The zero-order chi connectivity index (χ0) is 13.7. The molecular weight excluding hydrogens is 264 g/mol. The van der Waals surface area contributed by atoms with Gasteiger partial charge in [-0.2, -0.15) is 0 Å². The first-order valence-corrected chi connectivity index (χ1v) is 7.68. The highest BCUT2D eigenvalue weighted by Gasteiger charge is 2.15. The quantitative estimate of drug-likeness (QED) is 0.756. The third-order valence-corrected chi connectivity index (χ3v) is 4.24. The fourth-order valence-corrected chi connectivity index (χ4v) is 3.06. The van der Waals surface area contributed by atoms with Crippen LogP contribution in [0.5, 0.6) is 0 Å². The minimum atomic E-state index is -0.825. The second kappa shape index (κ2) is 6.91. The van der Waals surface area contributed by atoms with Gasteiger partial charge in [-0.3, -0.25) is 4.79 Å². The van der Waals surface area contributed by atoms with Gasteiger partial charge in [-0.15, -0.1) is 10.2 Å². The van der Waals surface area contributed by atoms with Gasteiger partial charge >= 0.3 is 5.97 Å². The Morgan fingerprint density at radius 1 is 1.37 bits per heavy atom. The number of carboxylic acids is 1. The van der Waals surface area contributed by atoms with Gasteiger partial charge in [0.1, 0.15) is 5.82 Å². The summed E-state index contributed by atoms with van der Waals surface area (Å²) >= 11 is 1.23. The molecule has 1 saturated heterocycles. The molecule has 7 heteroatoms. The van der Waals surface area contributed by atoms with Crippen LogP contribution in [0.25, 0.3) is 0 Å². The molecule has 0 amide bonds. The highest BCUT2D eigenvalue weighted by molar-refractivity contribution is 7.99. The van der Waals surface area contributed by atoms with E-state index < -0.39 is 5.97 Å². The number of thioether (sulfide) groups is 1. The molecule has 1 aliphatic rings. The normalized spacial score (nSPS) is 16.1. The molecule has 0 bridgehead atoms. The van der Waals surface area contributed by atoms with E-state index in [1.165, 1.54) is 37.7 Å². The van der Waals surface area contributed by atoms with E-state index in [0.717, 1.165) is 25.3 Å². The van der Waals surface area contributed by atoms with Gasteiger partial charge in [-0.05, 0) is 32.9 Å². The molecule has 0 unspecified atom stereocenters. The number of carbonyl (C=O) groups is 1. The molecule has 0 aromatic carbocycles. The van der Waals surface area contributed by atoms with E-state index in [4.69, 9.17) is 5.11 Å². The van der Waals surface area contributed by atoms with Gasteiger partial charge in [0.2, 0.25) is 0 Å². The van der Waals surface area contributed by atoms with Crippen LogP contribution >= 0.6 is 11.8 Å². The Balaban J connectivity index is 1.93. The van der Waals surface area contributed by atoms with Crippen LogP contribution in [0.2, 0.25) is 0 Å². The minimum absolute atomic E-state index is 0.0320. The maximum Gasteiger partial charge on any atom is 0.313 e. The molecule has 0 saturated carbocycles. The summed E-state index contributed by atoms with van der Waals surface area (Å²) < 4.78 is 2.02. The molecule has 1 aromatic rings. The predicted molar refractivity (Wildman–Crippen MR) is 73.4 cm³/mol. The number of aliphatic carboxylic acids is 1. The molecule has 1 aromatic heterocycles. The lowest BCUT2D eigenvalue weighted by Crippen LogP contribution is -2.23. The van der Waals surface area contributed by atoms with E-state index in [2.05, 4.69) is 15.1 Å². The van der Waals surface area contributed by atoms with E-state index in [-0.39, 0.29) is 5.75 Å². The van der Waals surface area contributed by atoms with Crippen molar-refractivity contribution in [2.75, 3.05) is 25.4 Å². The highest BCUT2D eigenvalue weighted by atomic mass is 32.2. The first-order chi connectivity index (χ1) is 9.20. The number of nitrogens with zero attached hydrogens (tertiary/aromatic N) is 4. The molecular formula is C12H20N4O2S. The molecule has 2 heterocycles. The first-order valence-electron chi connectivity index (χ1n) is 6.69. The van der Waals surface area contributed by atoms with Gasteiger partial charge in [0.15, 0.2) is 5.16 Å². The van der Waals surface area contributed by atoms with E-state index in [1.807, 2.05) is 11.5 Å². The topological polar surface area (TPSA) is 71.2 Å². The molecule has 1 fully saturated rings. The largest absolute Gasteiger partial charge is 0.481 e. The Kier molecular flexibility index (Phi) is 5.21. The van der Waals surface area contributed by atoms with Crippen LogP contribution < -0.4 is 0 Å². The van der Waals surface area contributed by atoms with Crippen molar-refractivity contribution in [2.45, 2.75) is 37.9 Å². The van der Waals surface area contributed by atoms with Crippen LogP contribution in [0, 0.1) is 0 Å². The summed E-state index contributed by atoms with van der Waals surface area (Å²) in [7, 11) is 0. The molecule has 106 valence electrons. The zero-order valence-corrected chi connectivity index (χ0v) is 12.0. The Morgan fingerprint density at radius 2 is 2.11 bits per heavy atom. The summed E-state index contributed by atoms with van der Waals surface area (Å²) in [6.45, 7) is 6.20. The van der Waals surface area contributed by atoms with Gasteiger partial charge in [0.05, 0.1) is 5.75 Å². The van der Waals surface area contributed by atoms with Crippen molar-refractivity contribution in [1.82, 2.24) is 19.7 Å². The third-order valence-electron chi connectivity index (χ3n) is 3.28. The van der Waals surface area contributed by atoms with Crippen LogP contribution in [0.15, 0.2) is 5.16 Å². The maximum atomic E-state index is 10.6. The fraction of sp³-hybridized carbons (Fsp3) is 0.750. The average molecular weight is 284 g/mol. The molecule has 0 atom stereocenters. The zero-order valence-electron chi connectivity index (χ0n) is 11.2. The molecule has 1 N–H and O–H groups in total. The number of hydrogen-bond acceptors (Lipinski definition) is 5. The van der Waals surface area contributed by atoms with Crippen molar-refractivity contribution in [3.05, 3.63) is 5.82 Å². The maximum absolute atomic E-state index is 10.6. The van der Waals surface area contributed by atoms with Crippen molar-refractivity contribution in [3.8, 4) is 0 Å². The number of likely N-dealkylation sites (tertiary alicyclic amines) is 1. The molecule has 6 nitrogen and oxygen atoms in total.